The van der Waals surface area contributed by atoms with E-state index < -0.39 is 6.04 Å². The molecular formula is C13H12N2O2. The van der Waals surface area contributed by atoms with Gasteiger partial charge in [0, 0.05) is 7.11 Å². The van der Waals surface area contributed by atoms with Gasteiger partial charge in [0.05, 0.1) is 11.8 Å². The molecule has 1 aliphatic heterocycles. The van der Waals surface area contributed by atoms with Gasteiger partial charge >= 0.3 is 0 Å². The van der Waals surface area contributed by atoms with Gasteiger partial charge in [0.25, 0.3) is 5.91 Å². The maximum Gasteiger partial charge on any atom is 0.254 e. The Balaban J connectivity index is 2.43. The van der Waals surface area contributed by atoms with E-state index in [-0.39, 0.29) is 12.5 Å². The van der Waals surface area contributed by atoms with E-state index in [0.717, 1.165) is 11.3 Å². The molecule has 0 saturated heterocycles. The van der Waals surface area contributed by atoms with Crippen molar-refractivity contribution in [2.75, 3.05) is 18.6 Å². The largest absolute Gasteiger partial charge is 0.375 e. The highest BCUT2D eigenvalue weighted by Gasteiger charge is 2.27. The quantitative estimate of drug-likeness (QED) is 0.772. The molecule has 86 valence electrons. The molecule has 0 spiro atoms. The molecule has 1 unspecified atom stereocenters. The molecule has 4 heteroatoms. The molecule has 0 aromatic heterocycles. The van der Waals surface area contributed by atoms with Crippen LogP contribution in [0.5, 0.6) is 0 Å². The highest BCUT2D eigenvalue weighted by atomic mass is 16.5. The minimum Gasteiger partial charge on any atom is -0.375 e. The van der Waals surface area contributed by atoms with Crippen molar-refractivity contribution in [2.45, 2.75) is 6.04 Å². The maximum atomic E-state index is 11.9. The lowest BCUT2D eigenvalue weighted by atomic mass is 10.0. The number of benzene rings is 1. The number of hydrogen-bond donors (Lipinski definition) is 0. The van der Waals surface area contributed by atoms with Crippen molar-refractivity contribution in [3.8, 4) is 6.07 Å². The van der Waals surface area contributed by atoms with Crippen molar-refractivity contribution in [2.24, 2.45) is 0 Å². The first-order valence-electron chi connectivity index (χ1n) is 5.25. The number of nitriles is 1. The van der Waals surface area contributed by atoms with Crippen LogP contribution in [-0.2, 0) is 9.53 Å². The summed E-state index contributed by atoms with van der Waals surface area (Å²) in [6.45, 7) is -0.0274. The second-order valence-corrected chi connectivity index (χ2v) is 3.69. The lowest BCUT2D eigenvalue weighted by Gasteiger charge is -2.29. The average Bonchev–Trinajstić information content (AvgIpc) is 2.37. The molecule has 0 saturated carbocycles. The number of hydrogen-bond acceptors (Lipinski definition) is 3. The molecule has 1 atom stereocenters. The van der Waals surface area contributed by atoms with Gasteiger partial charge in [-0.2, -0.15) is 5.26 Å². The summed E-state index contributed by atoms with van der Waals surface area (Å²) in [7, 11) is 1.46. The molecule has 0 radical (unpaired) electrons. The summed E-state index contributed by atoms with van der Waals surface area (Å²) in [4.78, 5) is 13.4. The lowest BCUT2D eigenvalue weighted by molar-refractivity contribution is -0.122. The summed E-state index contributed by atoms with van der Waals surface area (Å²) >= 11 is 0. The Kier molecular flexibility index (Phi) is 3.22. The average molecular weight is 228 g/mol. The summed E-state index contributed by atoms with van der Waals surface area (Å²) in [5.41, 5.74) is 1.69. The molecule has 0 fully saturated rings. The van der Waals surface area contributed by atoms with Crippen molar-refractivity contribution in [1.29, 1.82) is 5.26 Å². The molecule has 0 bridgehead atoms. The Morgan fingerprint density at radius 1 is 1.53 bits per heavy atom. The molecule has 0 aliphatic carbocycles. The van der Waals surface area contributed by atoms with Crippen molar-refractivity contribution >= 4 is 17.7 Å². The molecular weight excluding hydrogens is 216 g/mol. The molecule has 0 N–H and O–H groups in total. The van der Waals surface area contributed by atoms with Crippen molar-refractivity contribution in [3.05, 3.63) is 35.9 Å². The predicted octanol–water partition coefficient (Wildman–Crippen LogP) is 1.58. The third kappa shape index (κ3) is 2.05. The van der Waals surface area contributed by atoms with E-state index in [4.69, 9.17) is 10.00 Å². The summed E-state index contributed by atoms with van der Waals surface area (Å²) in [6, 6.07) is 9.02. The van der Waals surface area contributed by atoms with Crippen LogP contribution in [-0.4, -0.2) is 25.7 Å². The van der Waals surface area contributed by atoms with E-state index in [1.54, 1.807) is 6.08 Å². The first kappa shape index (κ1) is 11.4. The van der Waals surface area contributed by atoms with Crippen LogP contribution in [0.15, 0.2) is 30.3 Å². The van der Waals surface area contributed by atoms with E-state index in [1.165, 1.54) is 12.0 Å². The summed E-state index contributed by atoms with van der Waals surface area (Å²) in [5, 5.41) is 9.07. The zero-order valence-corrected chi connectivity index (χ0v) is 9.46. The van der Waals surface area contributed by atoms with Gasteiger partial charge in [0.2, 0.25) is 0 Å². The van der Waals surface area contributed by atoms with E-state index in [0.29, 0.717) is 0 Å². The number of ether oxygens (including phenoxy) is 1. The van der Waals surface area contributed by atoms with Gasteiger partial charge in [-0.1, -0.05) is 24.3 Å². The topological polar surface area (TPSA) is 53.3 Å². The zero-order valence-electron chi connectivity index (χ0n) is 9.46. The van der Waals surface area contributed by atoms with Gasteiger partial charge in [-0.15, -0.1) is 0 Å². The van der Waals surface area contributed by atoms with E-state index >= 15 is 0 Å². The van der Waals surface area contributed by atoms with Gasteiger partial charge in [0.1, 0.15) is 12.6 Å². The Hall–Kier alpha value is -2.12. The first-order chi connectivity index (χ1) is 8.27. The normalized spacial score (nSPS) is 17.4. The fraction of sp³-hybridized carbons (Fsp3) is 0.231. The number of fused-ring (bicyclic) bond motifs is 1. The molecule has 1 heterocycles. The summed E-state index contributed by atoms with van der Waals surface area (Å²) < 4.78 is 4.84. The number of methoxy groups -OCH3 is 1. The number of nitrogens with zero attached hydrogens (tertiary/aromatic N) is 2. The highest BCUT2D eigenvalue weighted by molar-refractivity contribution is 5.99. The Labute approximate surface area is 99.7 Å². The highest BCUT2D eigenvalue weighted by Crippen LogP contribution is 2.28. The molecule has 2 rings (SSSR count). The van der Waals surface area contributed by atoms with Crippen LogP contribution >= 0.6 is 0 Å². The van der Waals surface area contributed by atoms with E-state index in [9.17, 15) is 4.79 Å². The van der Waals surface area contributed by atoms with Gasteiger partial charge in [0.15, 0.2) is 0 Å². The number of carbonyl (C=O) groups excluding carboxylic acids is 1. The number of para-hydroxylation sites is 1. The van der Waals surface area contributed by atoms with Crippen LogP contribution in [0.1, 0.15) is 5.56 Å². The SMILES string of the molecule is COCC(=O)N1c2ccccc2C=CC1C#N. The van der Waals surface area contributed by atoms with Crippen LogP contribution in [0.4, 0.5) is 5.69 Å². The molecule has 4 nitrogen and oxygen atoms in total. The van der Waals surface area contributed by atoms with Gasteiger partial charge in [-0.3, -0.25) is 9.69 Å². The fourth-order valence-corrected chi connectivity index (χ4v) is 1.86. The van der Waals surface area contributed by atoms with Gasteiger partial charge in [-0.05, 0) is 17.7 Å². The second kappa shape index (κ2) is 4.81. The number of amides is 1. The third-order valence-electron chi connectivity index (χ3n) is 2.60. The van der Waals surface area contributed by atoms with Gasteiger partial charge in [-0.25, -0.2) is 0 Å². The minimum absolute atomic E-state index is 0.0274. The molecule has 1 aromatic rings. The van der Waals surface area contributed by atoms with Crippen LogP contribution in [0.2, 0.25) is 0 Å². The summed E-state index contributed by atoms with van der Waals surface area (Å²) in [5.74, 6) is -0.212. The molecule has 1 amide bonds. The number of rotatable bonds is 2. The molecule has 1 aliphatic rings. The monoisotopic (exact) mass is 228 g/mol. The predicted molar refractivity (Wildman–Crippen MR) is 64.2 cm³/mol. The maximum absolute atomic E-state index is 11.9. The Morgan fingerprint density at radius 2 is 2.29 bits per heavy atom. The molecule has 17 heavy (non-hydrogen) atoms. The zero-order chi connectivity index (χ0) is 12.3. The molecule has 1 aromatic carbocycles. The van der Waals surface area contributed by atoms with E-state index in [2.05, 4.69) is 6.07 Å². The lowest BCUT2D eigenvalue weighted by Crippen LogP contribution is -2.42. The van der Waals surface area contributed by atoms with Crippen LogP contribution in [0.25, 0.3) is 6.08 Å². The van der Waals surface area contributed by atoms with E-state index in [1.807, 2.05) is 30.3 Å². The first-order valence-corrected chi connectivity index (χ1v) is 5.25. The third-order valence-corrected chi connectivity index (χ3v) is 2.60. The minimum atomic E-state index is -0.562. The van der Waals surface area contributed by atoms with Crippen molar-refractivity contribution < 1.29 is 9.53 Å². The van der Waals surface area contributed by atoms with Crippen molar-refractivity contribution in [3.63, 3.8) is 0 Å². The van der Waals surface area contributed by atoms with Crippen molar-refractivity contribution in [1.82, 2.24) is 0 Å². The summed E-state index contributed by atoms with van der Waals surface area (Å²) in [6.07, 6.45) is 3.58. The fourth-order valence-electron chi connectivity index (χ4n) is 1.86. The van der Waals surface area contributed by atoms with Crippen LogP contribution < -0.4 is 4.90 Å². The smallest absolute Gasteiger partial charge is 0.254 e. The Morgan fingerprint density at radius 3 is 3.00 bits per heavy atom. The number of carbonyl (C=O) groups is 1. The second-order valence-electron chi connectivity index (χ2n) is 3.69. The number of anilines is 1. The standard InChI is InChI=1S/C13H12N2O2/c1-17-9-13(16)15-11(8-14)7-6-10-4-2-3-5-12(10)15/h2-7,11H,9H2,1H3. The van der Waals surface area contributed by atoms with Crippen LogP contribution in [0.3, 0.4) is 0 Å². The van der Waals surface area contributed by atoms with Gasteiger partial charge < -0.3 is 4.74 Å². The Bertz CT molecular complexity index is 502. The van der Waals surface area contributed by atoms with Crippen LogP contribution in [0, 0.1) is 11.3 Å².